The second kappa shape index (κ2) is 6.25. The molecule has 2 N–H and O–H groups in total. The first kappa shape index (κ1) is 17.3. The molecular weight excluding hydrogens is 361 g/mol. The van der Waals surface area contributed by atoms with Gasteiger partial charge in [-0.05, 0) is 19.4 Å². The second-order valence-electron chi connectivity index (χ2n) is 6.20. The molecule has 4 rings (SSSR count). The molecule has 3 aromatic heterocycles. The Morgan fingerprint density at radius 2 is 2.04 bits per heavy atom. The number of nitrogens with one attached hydrogen (secondary N) is 2. The van der Waals surface area contributed by atoms with Crippen molar-refractivity contribution in [3.8, 4) is 0 Å². The summed E-state index contributed by atoms with van der Waals surface area (Å²) in [5.74, 6) is -0.226. The SMILES string of the molecule is CNc1nc(Nc2cnn([C@H]3CCn4nccc43)c2C)ncc1C(F)(F)F. The van der Waals surface area contributed by atoms with E-state index in [0.29, 0.717) is 5.69 Å². The molecule has 8 nitrogen and oxygen atoms in total. The summed E-state index contributed by atoms with van der Waals surface area (Å²) in [5.41, 5.74) is 1.64. The van der Waals surface area contributed by atoms with Gasteiger partial charge in [0.05, 0.1) is 29.3 Å². The van der Waals surface area contributed by atoms with Gasteiger partial charge >= 0.3 is 6.18 Å². The fourth-order valence-corrected chi connectivity index (χ4v) is 3.27. The minimum Gasteiger partial charge on any atom is -0.372 e. The van der Waals surface area contributed by atoms with Gasteiger partial charge in [0.2, 0.25) is 5.95 Å². The number of alkyl halides is 3. The van der Waals surface area contributed by atoms with Crippen LogP contribution in [0, 0.1) is 6.92 Å². The van der Waals surface area contributed by atoms with Crippen LogP contribution in [-0.2, 0) is 12.7 Å². The first-order chi connectivity index (χ1) is 12.9. The highest BCUT2D eigenvalue weighted by Gasteiger charge is 2.35. The smallest absolute Gasteiger partial charge is 0.372 e. The van der Waals surface area contributed by atoms with Crippen molar-refractivity contribution in [1.29, 1.82) is 0 Å². The Balaban J connectivity index is 1.61. The van der Waals surface area contributed by atoms with E-state index in [1.54, 1.807) is 12.4 Å². The summed E-state index contributed by atoms with van der Waals surface area (Å²) >= 11 is 0. The maximum Gasteiger partial charge on any atom is 0.421 e. The molecule has 0 fully saturated rings. The lowest BCUT2D eigenvalue weighted by atomic mass is 10.2. The summed E-state index contributed by atoms with van der Waals surface area (Å²) < 4.78 is 42.7. The molecule has 0 saturated carbocycles. The van der Waals surface area contributed by atoms with Gasteiger partial charge < -0.3 is 10.6 Å². The quantitative estimate of drug-likeness (QED) is 0.726. The van der Waals surface area contributed by atoms with Crippen LogP contribution in [0.3, 0.4) is 0 Å². The molecule has 11 heteroatoms. The summed E-state index contributed by atoms with van der Waals surface area (Å²) in [6.45, 7) is 2.71. The van der Waals surface area contributed by atoms with Gasteiger partial charge in [-0.25, -0.2) is 4.98 Å². The van der Waals surface area contributed by atoms with Crippen LogP contribution in [0.15, 0.2) is 24.7 Å². The molecular formula is C16H17F3N8. The van der Waals surface area contributed by atoms with Gasteiger partial charge in [0, 0.05) is 26.0 Å². The second-order valence-corrected chi connectivity index (χ2v) is 6.20. The molecule has 0 radical (unpaired) electrons. The molecule has 27 heavy (non-hydrogen) atoms. The number of aryl methyl sites for hydroxylation is 1. The number of halogens is 3. The highest BCUT2D eigenvalue weighted by Crippen LogP contribution is 2.35. The lowest BCUT2D eigenvalue weighted by Crippen LogP contribution is -2.13. The fourth-order valence-electron chi connectivity index (χ4n) is 3.27. The van der Waals surface area contributed by atoms with Crippen LogP contribution in [0.2, 0.25) is 0 Å². The first-order valence-corrected chi connectivity index (χ1v) is 8.33. The molecule has 0 bridgehead atoms. The Kier molecular flexibility index (Phi) is 4.01. The average Bonchev–Trinajstić information content (AvgIpc) is 3.31. The van der Waals surface area contributed by atoms with Gasteiger partial charge in [-0.1, -0.05) is 0 Å². The number of fused-ring (bicyclic) bond motifs is 1. The zero-order valence-corrected chi connectivity index (χ0v) is 14.6. The van der Waals surface area contributed by atoms with E-state index in [2.05, 4.69) is 30.8 Å². The normalized spacial score (nSPS) is 16.4. The van der Waals surface area contributed by atoms with Crippen LogP contribution in [-0.4, -0.2) is 36.6 Å². The van der Waals surface area contributed by atoms with Gasteiger partial charge in [-0.2, -0.15) is 28.4 Å². The summed E-state index contributed by atoms with van der Waals surface area (Å²) in [5, 5.41) is 14.1. The average molecular weight is 378 g/mol. The van der Waals surface area contributed by atoms with Crippen LogP contribution in [0.5, 0.6) is 0 Å². The van der Waals surface area contributed by atoms with E-state index in [0.717, 1.165) is 30.6 Å². The van der Waals surface area contributed by atoms with Crippen LogP contribution in [0.4, 0.5) is 30.6 Å². The van der Waals surface area contributed by atoms with Crippen molar-refractivity contribution in [2.45, 2.75) is 32.1 Å². The van der Waals surface area contributed by atoms with Crippen LogP contribution >= 0.6 is 0 Å². The molecule has 0 aromatic carbocycles. The van der Waals surface area contributed by atoms with Gasteiger partial charge in [0.1, 0.15) is 11.4 Å². The first-order valence-electron chi connectivity index (χ1n) is 8.33. The minimum absolute atomic E-state index is 0.0615. The van der Waals surface area contributed by atoms with E-state index >= 15 is 0 Å². The van der Waals surface area contributed by atoms with Gasteiger partial charge in [-0.15, -0.1) is 0 Å². The number of aromatic nitrogens is 6. The molecule has 3 aromatic rings. The molecule has 0 saturated heterocycles. The summed E-state index contributed by atoms with van der Waals surface area (Å²) in [6.07, 6.45) is 0.495. The molecule has 1 atom stereocenters. The Morgan fingerprint density at radius 3 is 2.78 bits per heavy atom. The fraction of sp³-hybridized carbons (Fsp3) is 0.375. The third kappa shape index (κ3) is 2.98. The van der Waals surface area contributed by atoms with E-state index < -0.39 is 11.7 Å². The zero-order valence-electron chi connectivity index (χ0n) is 14.6. The van der Waals surface area contributed by atoms with E-state index in [9.17, 15) is 13.2 Å². The Labute approximate surface area is 152 Å². The van der Waals surface area contributed by atoms with Crippen molar-refractivity contribution >= 4 is 17.5 Å². The molecule has 0 unspecified atom stereocenters. The van der Waals surface area contributed by atoms with Crippen LogP contribution < -0.4 is 10.6 Å². The highest BCUT2D eigenvalue weighted by atomic mass is 19.4. The molecule has 0 spiro atoms. The van der Waals surface area contributed by atoms with Crippen molar-refractivity contribution in [3.63, 3.8) is 0 Å². The number of hydrogen-bond donors (Lipinski definition) is 2. The molecule has 1 aliphatic rings. The number of hydrogen-bond acceptors (Lipinski definition) is 6. The molecule has 0 amide bonds. The van der Waals surface area contributed by atoms with Crippen molar-refractivity contribution in [1.82, 2.24) is 29.5 Å². The maximum atomic E-state index is 13.0. The number of anilines is 3. The number of rotatable bonds is 4. The highest BCUT2D eigenvalue weighted by molar-refractivity contribution is 5.58. The van der Waals surface area contributed by atoms with Crippen LogP contribution in [0.1, 0.15) is 29.4 Å². The Hall–Kier alpha value is -3.11. The summed E-state index contributed by atoms with van der Waals surface area (Å²) in [7, 11) is 1.38. The van der Waals surface area contributed by atoms with Gasteiger partial charge in [-0.3, -0.25) is 9.36 Å². The monoisotopic (exact) mass is 378 g/mol. The standard InChI is InChI=1S/C16H17F3N8/c1-9-11(8-23-27(9)13-4-6-26-12(13)3-5-22-26)24-15-21-7-10(16(17,18)19)14(20-2)25-15/h3,5,7-8,13H,4,6H2,1-2H3,(H2,20,21,24,25)/t13-/m0/s1. The Morgan fingerprint density at radius 1 is 1.22 bits per heavy atom. The minimum atomic E-state index is -4.52. The lowest BCUT2D eigenvalue weighted by Gasteiger charge is -2.14. The van der Waals surface area contributed by atoms with Crippen molar-refractivity contribution < 1.29 is 13.2 Å². The third-order valence-corrected chi connectivity index (χ3v) is 4.62. The molecule has 0 aliphatic carbocycles. The van der Waals surface area contributed by atoms with Crippen molar-refractivity contribution in [2.24, 2.45) is 0 Å². The van der Waals surface area contributed by atoms with E-state index in [4.69, 9.17) is 0 Å². The summed E-state index contributed by atoms with van der Waals surface area (Å²) in [6, 6.07) is 2.04. The molecule has 4 heterocycles. The van der Waals surface area contributed by atoms with Gasteiger partial charge in [0.15, 0.2) is 0 Å². The Bertz CT molecular complexity index is 974. The topological polar surface area (TPSA) is 85.5 Å². The molecule has 1 aliphatic heterocycles. The van der Waals surface area contributed by atoms with Crippen molar-refractivity contribution in [3.05, 3.63) is 41.6 Å². The predicted octanol–water partition coefficient (Wildman–Crippen LogP) is 2.98. The van der Waals surface area contributed by atoms with E-state index in [-0.39, 0.29) is 17.8 Å². The van der Waals surface area contributed by atoms with E-state index in [1.807, 2.05) is 22.4 Å². The van der Waals surface area contributed by atoms with Crippen LogP contribution in [0.25, 0.3) is 0 Å². The largest absolute Gasteiger partial charge is 0.421 e. The van der Waals surface area contributed by atoms with Crippen molar-refractivity contribution in [2.75, 3.05) is 17.7 Å². The van der Waals surface area contributed by atoms with E-state index in [1.165, 1.54) is 7.05 Å². The van der Waals surface area contributed by atoms with Gasteiger partial charge in [0.25, 0.3) is 0 Å². The number of nitrogens with zero attached hydrogens (tertiary/aromatic N) is 6. The predicted molar refractivity (Wildman–Crippen MR) is 91.8 cm³/mol. The third-order valence-electron chi connectivity index (χ3n) is 4.62. The lowest BCUT2D eigenvalue weighted by molar-refractivity contribution is -0.137. The zero-order chi connectivity index (χ0) is 19.2. The molecule has 142 valence electrons. The summed E-state index contributed by atoms with van der Waals surface area (Å²) in [4.78, 5) is 7.72. The maximum absolute atomic E-state index is 13.0.